The number of nitrogens with one attached hydrogen (secondary N) is 1. The molecule has 23 heavy (non-hydrogen) atoms. The molecule has 1 aromatic carbocycles. The monoisotopic (exact) mass is 424 g/mol. The molecule has 1 fully saturated rings. The molecule has 1 atom stereocenters. The minimum atomic E-state index is 0. The maximum atomic E-state index is 10.5. The topological polar surface area (TPSA) is 35.5 Å². The summed E-state index contributed by atoms with van der Waals surface area (Å²) < 4.78 is 1.11. The van der Waals surface area contributed by atoms with Gasteiger partial charge in [0.25, 0.3) is 0 Å². The van der Waals surface area contributed by atoms with E-state index in [9.17, 15) is 5.11 Å². The summed E-state index contributed by atoms with van der Waals surface area (Å²) in [7, 11) is 0. The van der Waals surface area contributed by atoms with E-state index in [1.807, 2.05) is 19.1 Å². The lowest BCUT2D eigenvalue weighted by Gasteiger charge is -2.36. The van der Waals surface area contributed by atoms with Crippen LogP contribution in [0.25, 0.3) is 0 Å². The molecule has 1 aliphatic heterocycles. The molecule has 2 rings (SSSR count). The number of aryl methyl sites for hydroxylation is 1. The van der Waals surface area contributed by atoms with Gasteiger partial charge in [0.15, 0.2) is 0 Å². The van der Waals surface area contributed by atoms with E-state index in [4.69, 9.17) is 0 Å². The van der Waals surface area contributed by atoms with Gasteiger partial charge in [0.1, 0.15) is 5.75 Å². The molecular weight excluding hydrogens is 399 g/mol. The number of nitrogens with zero attached hydrogens (tertiary/aromatic N) is 1. The first kappa shape index (κ1) is 22.7. The lowest BCUT2D eigenvalue weighted by Crippen LogP contribution is -2.45. The molecule has 2 N–H and O–H groups in total. The Kier molecular flexibility index (Phi) is 10.5. The third-order valence-corrected chi connectivity index (χ3v) is 5.50. The number of phenols is 1. The predicted octanol–water partition coefficient (Wildman–Crippen LogP) is 4.53. The van der Waals surface area contributed by atoms with Crippen molar-refractivity contribution in [1.82, 2.24) is 10.2 Å². The summed E-state index contributed by atoms with van der Waals surface area (Å²) in [5.74, 6) is 0.417. The Morgan fingerprint density at radius 2 is 1.96 bits per heavy atom. The highest BCUT2D eigenvalue weighted by molar-refractivity contribution is 9.10. The fourth-order valence-electron chi connectivity index (χ4n) is 3.15. The molecule has 6 heteroatoms. The third-order valence-electron chi connectivity index (χ3n) is 4.28. The number of allylic oxidation sites excluding steroid dienone is 1. The average Bonchev–Trinajstić information content (AvgIpc) is 2.49. The quantitative estimate of drug-likeness (QED) is 0.680. The Morgan fingerprint density at radius 1 is 1.35 bits per heavy atom. The molecule has 0 aromatic heterocycles. The van der Waals surface area contributed by atoms with Gasteiger partial charge < -0.3 is 10.4 Å². The number of aromatic hydroxyl groups is 1. The van der Waals surface area contributed by atoms with E-state index in [1.165, 1.54) is 0 Å². The molecule has 0 aliphatic carbocycles. The summed E-state index contributed by atoms with van der Waals surface area (Å²) in [6.07, 6.45) is 3.91. The molecule has 1 aromatic rings. The Morgan fingerprint density at radius 3 is 2.52 bits per heavy atom. The maximum absolute atomic E-state index is 10.5. The summed E-state index contributed by atoms with van der Waals surface area (Å²) in [5, 5.41) is 13.9. The summed E-state index contributed by atoms with van der Waals surface area (Å²) >= 11 is 3.66. The Balaban J connectivity index is 0.00000242. The maximum Gasteiger partial charge on any atom is 0.120 e. The standard InChI is InChI=1S/C17H25BrN2O.2ClH/c1-4-5-6-14(20-9-7-19-8-10-20)16-13(3)17(18)12(2)11-15(16)21;;/h4,11,14,19,21H,1,5-10H2,2-3H3;2*1H/t14-;;/m1../s1. The predicted molar refractivity (Wildman–Crippen MR) is 106 cm³/mol. The highest BCUT2D eigenvalue weighted by Gasteiger charge is 2.26. The molecular formula is C17H27BrCl2N2O. The van der Waals surface area contributed by atoms with Gasteiger partial charge in [-0.3, -0.25) is 4.90 Å². The molecule has 1 aliphatic rings. The number of hydrogen-bond donors (Lipinski definition) is 2. The lowest BCUT2D eigenvalue weighted by molar-refractivity contribution is 0.163. The van der Waals surface area contributed by atoms with Crippen molar-refractivity contribution in [3.63, 3.8) is 0 Å². The van der Waals surface area contributed by atoms with Gasteiger partial charge in [-0.2, -0.15) is 0 Å². The second-order valence-corrected chi connectivity index (χ2v) is 6.53. The van der Waals surface area contributed by atoms with Gasteiger partial charge in [-0.15, -0.1) is 31.4 Å². The third kappa shape index (κ3) is 5.36. The van der Waals surface area contributed by atoms with Crippen molar-refractivity contribution >= 4 is 40.7 Å². The van der Waals surface area contributed by atoms with E-state index in [0.717, 1.165) is 60.2 Å². The van der Waals surface area contributed by atoms with Gasteiger partial charge in [0.2, 0.25) is 0 Å². The normalized spacial score (nSPS) is 16.1. The van der Waals surface area contributed by atoms with Crippen LogP contribution in [0.2, 0.25) is 0 Å². The summed E-state index contributed by atoms with van der Waals surface area (Å²) in [5.41, 5.74) is 3.30. The first-order valence-electron chi connectivity index (χ1n) is 7.60. The summed E-state index contributed by atoms with van der Waals surface area (Å²) in [4.78, 5) is 2.48. The molecule has 0 radical (unpaired) electrons. The van der Waals surface area contributed by atoms with Crippen molar-refractivity contribution in [1.29, 1.82) is 0 Å². The van der Waals surface area contributed by atoms with E-state index in [1.54, 1.807) is 0 Å². The highest BCUT2D eigenvalue weighted by Crippen LogP contribution is 2.39. The SMILES string of the molecule is C=CCC[C@H](c1c(O)cc(C)c(Br)c1C)N1CCNCC1.Cl.Cl. The highest BCUT2D eigenvalue weighted by atomic mass is 79.9. The average molecular weight is 426 g/mol. The van der Waals surface area contributed by atoms with E-state index in [-0.39, 0.29) is 30.9 Å². The number of halogens is 3. The fraction of sp³-hybridized carbons (Fsp3) is 0.529. The second kappa shape index (κ2) is 10.6. The van der Waals surface area contributed by atoms with E-state index >= 15 is 0 Å². The molecule has 0 spiro atoms. The summed E-state index contributed by atoms with van der Waals surface area (Å²) in [6, 6.07) is 2.12. The van der Waals surface area contributed by atoms with E-state index in [2.05, 4.69) is 39.6 Å². The number of benzene rings is 1. The fourth-order valence-corrected chi connectivity index (χ4v) is 3.48. The second-order valence-electron chi connectivity index (χ2n) is 5.73. The molecule has 0 saturated carbocycles. The van der Waals surface area contributed by atoms with Crippen molar-refractivity contribution in [3.05, 3.63) is 39.9 Å². The van der Waals surface area contributed by atoms with E-state index < -0.39 is 0 Å². The van der Waals surface area contributed by atoms with Gasteiger partial charge in [0, 0.05) is 42.3 Å². The Hall–Kier alpha value is -0.260. The van der Waals surface area contributed by atoms with Gasteiger partial charge in [-0.05, 0) is 43.9 Å². The van der Waals surface area contributed by atoms with Crippen molar-refractivity contribution in [2.75, 3.05) is 26.2 Å². The molecule has 1 heterocycles. The van der Waals surface area contributed by atoms with Crippen LogP contribution in [0, 0.1) is 13.8 Å². The number of rotatable bonds is 5. The summed E-state index contributed by atoms with van der Waals surface area (Å²) in [6.45, 7) is 12.0. The van der Waals surface area contributed by atoms with Crippen LogP contribution in [0.5, 0.6) is 5.75 Å². The zero-order valence-corrected chi connectivity index (χ0v) is 17.0. The molecule has 132 valence electrons. The van der Waals surface area contributed by atoms with Crippen LogP contribution in [0.15, 0.2) is 23.2 Å². The minimum Gasteiger partial charge on any atom is -0.508 e. The number of phenolic OH excluding ortho intramolecular Hbond substituents is 1. The van der Waals surface area contributed by atoms with Crippen LogP contribution in [0.1, 0.15) is 35.6 Å². The van der Waals surface area contributed by atoms with Crippen LogP contribution in [0.4, 0.5) is 0 Å². The van der Waals surface area contributed by atoms with Gasteiger partial charge in [-0.1, -0.05) is 22.0 Å². The van der Waals surface area contributed by atoms with Crippen LogP contribution in [-0.4, -0.2) is 36.2 Å². The number of hydrogen-bond acceptors (Lipinski definition) is 3. The van der Waals surface area contributed by atoms with Gasteiger partial charge in [0.05, 0.1) is 0 Å². The van der Waals surface area contributed by atoms with Gasteiger partial charge >= 0.3 is 0 Å². The van der Waals surface area contributed by atoms with Crippen molar-refractivity contribution in [3.8, 4) is 5.75 Å². The molecule has 0 amide bonds. The van der Waals surface area contributed by atoms with Crippen molar-refractivity contribution < 1.29 is 5.11 Å². The smallest absolute Gasteiger partial charge is 0.120 e. The lowest BCUT2D eigenvalue weighted by atomic mass is 9.93. The minimum absolute atomic E-state index is 0. The van der Waals surface area contributed by atoms with Crippen molar-refractivity contribution in [2.45, 2.75) is 32.7 Å². The molecule has 0 bridgehead atoms. The van der Waals surface area contributed by atoms with Crippen LogP contribution in [0.3, 0.4) is 0 Å². The molecule has 0 unspecified atom stereocenters. The van der Waals surface area contributed by atoms with Crippen LogP contribution < -0.4 is 5.32 Å². The largest absolute Gasteiger partial charge is 0.508 e. The zero-order chi connectivity index (χ0) is 15.4. The molecule has 3 nitrogen and oxygen atoms in total. The van der Waals surface area contributed by atoms with Gasteiger partial charge in [-0.25, -0.2) is 0 Å². The van der Waals surface area contributed by atoms with E-state index in [0.29, 0.717) is 5.75 Å². The van der Waals surface area contributed by atoms with Crippen molar-refractivity contribution in [2.24, 2.45) is 0 Å². The van der Waals surface area contributed by atoms with Crippen LogP contribution in [-0.2, 0) is 0 Å². The first-order chi connectivity index (χ1) is 10.1. The molecule has 1 saturated heterocycles. The number of piperazine rings is 1. The zero-order valence-electron chi connectivity index (χ0n) is 13.8. The first-order valence-corrected chi connectivity index (χ1v) is 8.39. The van der Waals surface area contributed by atoms with Crippen LogP contribution >= 0.6 is 40.7 Å². The Bertz CT molecular complexity index is 520. The Labute approximate surface area is 160 Å².